The molecule has 4 rings (SSSR count). The molecule has 0 aromatic carbocycles. The smallest absolute Gasteiger partial charge is 0.189 e. The van der Waals surface area contributed by atoms with Crippen LogP contribution in [0.25, 0.3) is 11.4 Å². The lowest BCUT2D eigenvalue weighted by molar-refractivity contribution is 0.00438. The summed E-state index contributed by atoms with van der Waals surface area (Å²) in [6.07, 6.45) is 8.60. The molecule has 5 nitrogen and oxygen atoms in total. The number of hydrogen-bond acceptors (Lipinski definition) is 6. The van der Waals surface area contributed by atoms with E-state index in [2.05, 4.69) is 22.2 Å². The molecule has 0 bridgehead atoms. The summed E-state index contributed by atoms with van der Waals surface area (Å²) in [6, 6.07) is 9.91. The Morgan fingerprint density at radius 1 is 1.19 bits per heavy atom. The van der Waals surface area contributed by atoms with E-state index in [1.54, 1.807) is 23.7 Å². The molecular weight excluding hydrogens is 344 g/mol. The number of ether oxygens (including phenoxy) is 1. The highest BCUT2D eigenvalue weighted by Crippen LogP contribution is 2.32. The number of anilines is 2. The summed E-state index contributed by atoms with van der Waals surface area (Å²) in [6.45, 7) is 2.78. The molecule has 1 aliphatic rings. The van der Waals surface area contributed by atoms with Gasteiger partial charge in [0.15, 0.2) is 5.13 Å². The molecule has 0 unspecified atom stereocenters. The molecule has 0 amide bonds. The maximum absolute atomic E-state index is 5.94. The highest BCUT2D eigenvalue weighted by molar-refractivity contribution is 7.16. The summed E-state index contributed by atoms with van der Waals surface area (Å²) in [4.78, 5) is 14.8. The number of aryl methyl sites for hydroxylation is 1. The normalized spacial score (nSPS) is 14.2. The summed E-state index contributed by atoms with van der Waals surface area (Å²) in [5.41, 5.74) is 2.99. The van der Waals surface area contributed by atoms with Crippen molar-refractivity contribution in [3.63, 3.8) is 0 Å². The third kappa shape index (κ3) is 4.08. The van der Waals surface area contributed by atoms with Crippen molar-refractivity contribution >= 4 is 22.3 Å². The van der Waals surface area contributed by atoms with Crippen molar-refractivity contribution in [2.45, 2.75) is 38.7 Å². The molecule has 134 valence electrons. The molecule has 0 saturated heterocycles. The van der Waals surface area contributed by atoms with Crippen molar-refractivity contribution in [3.8, 4) is 11.4 Å². The lowest BCUT2D eigenvalue weighted by Crippen LogP contribution is -2.22. The van der Waals surface area contributed by atoms with Crippen LogP contribution >= 0.6 is 11.3 Å². The first-order valence-electron chi connectivity index (χ1n) is 9.00. The van der Waals surface area contributed by atoms with E-state index in [4.69, 9.17) is 9.72 Å². The van der Waals surface area contributed by atoms with Crippen LogP contribution in [-0.2, 0) is 11.2 Å². The molecule has 3 aromatic rings. The second-order valence-electron chi connectivity index (χ2n) is 6.52. The Hall–Kier alpha value is -2.31. The Morgan fingerprint density at radius 2 is 2.12 bits per heavy atom. The zero-order valence-electron chi connectivity index (χ0n) is 14.8. The van der Waals surface area contributed by atoms with E-state index in [1.165, 1.54) is 24.1 Å². The molecule has 0 radical (unpaired) electrons. The number of nitrogens with one attached hydrogen (secondary N) is 1. The molecule has 0 aliphatic heterocycles. The van der Waals surface area contributed by atoms with Crippen molar-refractivity contribution in [1.29, 1.82) is 0 Å². The van der Waals surface area contributed by atoms with Crippen LogP contribution in [0.5, 0.6) is 0 Å². The molecule has 6 heteroatoms. The van der Waals surface area contributed by atoms with E-state index in [1.807, 2.05) is 30.3 Å². The fourth-order valence-corrected chi connectivity index (χ4v) is 3.81. The number of hydrogen-bond donors (Lipinski definition) is 1. The SMILES string of the molecule is Cc1ccnc(Nc2nc(-c3ccccn3)c(CCOC3CCC3)s2)c1. The molecule has 1 saturated carbocycles. The Labute approximate surface area is 157 Å². The van der Waals surface area contributed by atoms with Crippen molar-refractivity contribution in [1.82, 2.24) is 15.0 Å². The van der Waals surface area contributed by atoms with Gasteiger partial charge in [0, 0.05) is 23.7 Å². The molecule has 3 heterocycles. The van der Waals surface area contributed by atoms with Crippen LogP contribution in [0.4, 0.5) is 10.9 Å². The van der Waals surface area contributed by atoms with Gasteiger partial charge in [-0.3, -0.25) is 4.98 Å². The topological polar surface area (TPSA) is 59.9 Å². The van der Waals surface area contributed by atoms with Gasteiger partial charge in [0.05, 0.1) is 18.4 Å². The molecular formula is C20H22N4OS. The van der Waals surface area contributed by atoms with Gasteiger partial charge in [0.2, 0.25) is 0 Å². The van der Waals surface area contributed by atoms with Crippen LogP contribution in [0.15, 0.2) is 42.7 Å². The third-order valence-corrected chi connectivity index (χ3v) is 5.52. The van der Waals surface area contributed by atoms with Gasteiger partial charge in [-0.1, -0.05) is 6.07 Å². The standard InChI is InChI=1S/C20H22N4OS/c1-14-8-11-22-18(13-14)23-20-24-19(16-7-2-3-10-21-16)17(26-20)9-12-25-15-5-4-6-15/h2-3,7-8,10-11,13,15H,4-6,9,12H2,1H3,(H,22,23,24). The number of thiazole rings is 1. The predicted octanol–water partition coefficient (Wildman–Crippen LogP) is 4.76. The van der Waals surface area contributed by atoms with Crippen LogP contribution < -0.4 is 5.32 Å². The first-order chi connectivity index (χ1) is 12.8. The van der Waals surface area contributed by atoms with Crippen LogP contribution in [0.3, 0.4) is 0 Å². The largest absolute Gasteiger partial charge is 0.378 e. The van der Waals surface area contributed by atoms with E-state index in [0.717, 1.165) is 40.9 Å². The van der Waals surface area contributed by atoms with Gasteiger partial charge in [-0.25, -0.2) is 9.97 Å². The first-order valence-corrected chi connectivity index (χ1v) is 9.82. The van der Waals surface area contributed by atoms with Crippen molar-refractivity contribution in [3.05, 3.63) is 53.2 Å². The van der Waals surface area contributed by atoms with E-state index in [9.17, 15) is 0 Å². The van der Waals surface area contributed by atoms with Gasteiger partial charge >= 0.3 is 0 Å². The molecule has 1 aliphatic carbocycles. The number of nitrogens with zero attached hydrogens (tertiary/aromatic N) is 3. The highest BCUT2D eigenvalue weighted by atomic mass is 32.1. The van der Waals surface area contributed by atoms with E-state index >= 15 is 0 Å². The minimum Gasteiger partial charge on any atom is -0.378 e. The van der Waals surface area contributed by atoms with E-state index < -0.39 is 0 Å². The van der Waals surface area contributed by atoms with Crippen molar-refractivity contribution in [2.75, 3.05) is 11.9 Å². The number of pyridine rings is 2. The quantitative estimate of drug-likeness (QED) is 0.653. The summed E-state index contributed by atoms with van der Waals surface area (Å²) in [7, 11) is 0. The fourth-order valence-electron chi connectivity index (χ4n) is 2.85. The summed E-state index contributed by atoms with van der Waals surface area (Å²) in [5, 5.41) is 4.16. The Morgan fingerprint density at radius 3 is 2.85 bits per heavy atom. The van der Waals surface area contributed by atoms with Gasteiger partial charge in [-0.2, -0.15) is 0 Å². The molecule has 26 heavy (non-hydrogen) atoms. The maximum Gasteiger partial charge on any atom is 0.189 e. The zero-order valence-corrected chi connectivity index (χ0v) is 15.6. The summed E-state index contributed by atoms with van der Waals surface area (Å²) >= 11 is 1.65. The first kappa shape index (κ1) is 17.1. The number of rotatable bonds is 7. The average Bonchev–Trinajstić information content (AvgIpc) is 3.00. The average molecular weight is 366 g/mol. The molecule has 1 fully saturated rings. The van der Waals surface area contributed by atoms with Crippen LogP contribution in [-0.4, -0.2) is 27.7 Å². The number of aromatic nitrogens is 3. The van der Waals surface area contributed by atoms with Gasteiger partial charge in [-0.05, 0) is 56.0 Å². The second-order valence-corrected chi connectivity index (χ2v) is 7.61. The zero-order chi connectivity index (χ0) is 17.8. The monoisotopic (exact) mass is 366 g/mol. The van der Waals surface area contributed by atoms with Crippen molar-refractivity contribution < 1.29 is 4.74 Å². The Kier molecular flexibility index (Phi) is 5.22. The molecule has 0 spiro atoms. The van der Waals surface area contributed by atoms with Gasteiger partial charge < -0.3 is 10.1 Å². The molecule has 3 aromatic heterocycles. The van der Waals surface area contributed by atoms with Crippen LogP contribution in [0, 0.1) is 6.92 Å². The van der Waals surface area contributed by atoms with Crippen molar-refractivity contribution in [2.24, 2.45) is 0 Å². The third-order valence-electron chi connectivity index (χ3n) is 4.49. The van der Waals surface area contributed by atoms with E-state index in [0.29, 0.717) is 6.10 Å². The Balaban J connectivity index is 1.54. The second kappa shape index (κ2) is 7.93. The van der Waals surface area contributed by atoms with Gasteiger partial charge in [0.25, 0.3) is 0 Å². The van der Waals surface area contributed by atoms with Gasteiger partial charge in [-0.15, -0.1) is 11.3 Å². The summed E-state index contributed by atoms with van der Waals surface area (Å²) < 4.78 is 5.94. The maximum atomic E-state index is 5.94. The van der Waals surface area contributed by atoms with Crippen LogP contribution in [0.1, 0.15) is 29.7 Å². The highest BCUT2D eigenvalue weighted by Gasteiger charge is 2.19. The van der Waals surface area contributed by atoms with Gasteiger partial charge in [0.1, 0.15) is 11.5 Å². The Bertz CT molecular complexity index is 861. The molecule has 1 N–H and O–H groups in total. The lowest BCUT2D eigenvalue weighted by Gasteiger charge is -2.25. The van der Waals surface area contributed by atoms with Crippen LogP contribution in [0.2, 0.25) is 0 Å². The minimum atomic E-state index is 0.454. The fraction of sp³-hybridized carbons (Fsp3) is 0.350. The minimum absolute atomic E-state index is 0.454. The summed E-state index contributed by atoms with van der Waals surface area (Å²) in [5.74, 6) is 0.809. The molecule has 0 atom stereocenters. The van der Waals surface area contributed by atoms with E-state index in [-0.39, 0.29) is 0 Å². The lowest BCUT2D eigenvalue weighted by atomic mass is 9.96. The predicted molar refractivity (Wildman–Crippen MR) is 105 cm³/mol.